The van der Waals surface area contributed by atoms with E-state index in [1.54, 1.807) is 13.3 Å². The maximum atomic E-state index is 13.9. The number of aliphatic hydroxyl groups is 2. The summed E-state index contributed by atoms with van der Waals surface area (Å²) in [6.45, 7) is 2.23. The van der Waals surface area contributed by atoms with Crippen molar-refractivity contribution in [1.29, 1.82) is 0 Å². The van der Waals surface area contributed by atoms with E-state index in [0.29, 0.717) is 37.6 Å². The van der Waals surface area contributed by atoms with Gasteiger partial charge in [0, 0.05) is 37.7 Å². The Bertz CT molecular complexity index is 1280. The number of fused-ring (bicyclic) bond motifs is 1. The molecule has 0 radical (unpaired) electrons. The molecule has 4 rings (SSSR count). The predicted molar refractivity (Wildman–Crippen MR) is 147 cm³/mol. The van der Waals surface area contributed by atoms with Crippen molar-refractivity contribution in [2.75, 3.05) is 52.3 Å². The molecular weight excluding hydrogens is 507 g/mol. The van der Waals surface area contributed by atoms with Gasteiger partial charge in [0.15, 0.2) is 11.6 Å². The number of nitrogens with zero attached hydrogens (tertiary/aromatic N) is 3. The smallest absolute Gasteiger partial charge is 0.162 e. The van der Waals surface area contributed by atoms with E-state index >= 15 is 0 Å². The number of hydrogen-bond donors (Lipinski definition) is 2. The molecule has 1 aliphatic heterocycles. The third kappa shape index (κ3) is 6.65. The molecule has 3 aromatic rings. The number of aromatic nitrogens is 1. The number of ether oxygens (including phenoxy) is 1. The molecule has 1 saturated heterocycles. The van der Waals surface area contributed by atoms with Crippen LogP contribution in [0.1, 0.15) is 49.3 Å². The molecule has 1 atom stereocenters. The highest BCUT2D eigenvalue weighted by Gasteiger charge is 2.35. The second kappa shape index (κ2) is 12.5. The second-order valence-electron chi connectivity index (χ2n) is 10.9. The topological polar surface area (TPSA) is 69.1 Å². The molecule has 2 heterocycles. The largest absolute Gasteiger partial charge is 0.497 e. The normalized spacial score (nSPS) is 16.4. The van der Waals surface area contributed by atoms with Gasteiger partial charge in [-0.25, -0.2) is 13.2 Å². The quantitative estimate of drug-likeness (QED) is 0.321. The standard InChI is InChI=1S/C30H38F3N3O3/c1-35(2)26-18-34-25-7-6-22(39-3)17-23(25)28(26)27(38)8-9-30(19-37)10-13-36(14-11-30)12-4-5-20-15-21(31)16-24(32)29(20)33/h6-7,15-18,27,37-38H,4-5,8-14,19H2,1-3H3. The number of likely N-dealkylation sites (tertiary alicyclic amines) is 1. The van der Waals surface area contributed by atoms with Crippen molar-refractivity contribution < 1.29 is 28.1 Å². The van der Waals surface area contributed by atoms with Crippen LogP contribution in [0.15, 0.2) is 36.5 Å². The molecule has 2 aromatic carbocycles. The van der Waals surface area contributed by atoms with Crippen LogP contribution in [0.5, 0.6) is 5.75 Å². The van der Waals surface area contributed by atoms with Crippen LogP contribution in [0.3, 0.4) is 0 Å². The van der Waals surface area contributed by atoms with Gasteiger partial charge in [-0.2, -0.15) is 0 Å². The minimum Gasteiger partial charge on any atom is -0.497 e. The van der Waals surface area contributed by atoms with Gasteiger partial charge in [0.25, 0.3) is 0 Å². The average molecular weight is 546 g/mol. The lowest BCUT2D eigenvalue weighted by Gasteiger charge is -2.41. The highest BCUT2D eigenvalue weighted by atomic mass is 19.2. The van der Waals surface area contributed by atoms with E-state index < -0.39 is 23.6 Å². The zero-order chi connectivity index (χ0) is 28.2. The van der Waals surface area contributed by atoms with Crippen LogP contribution >= 0.6 is 0 Å². The molecule has 1 aliphatic rings. The summed E-state index contributed by atoms with van der Waals surface area (Å²) in [5.74, 6) is -2.22. The van der Waals surface area contributed by atoms with Crippen LogP contribution in [0.2, 0.25) is 0 Å². The molecule has 9 heteroatoms. The van der Waals surface area contributed by atoms with Gasteiger partial charge in [0.1, 0.15) is 11.6 Å². The third-order valence-electron chi connectivity index (χ3n) is 8.10. The first kappa shape index (κ1) is 29.1. The van der Waals surface area contributed by atoms with Crippen molar-refractivity contribution in [3.8, 4) is 5.75 Å². The molecule has 0 bridgehead atoms. The summed E-state index contributed by atoms with van der Waals surface area (Å²) in [6, 6.07) is 7.25. The van der Waals surface area contributed by atoms with Gasteiger partial charge in [-0.3, -0.25) is 4.98 Å². The van der Waals surface area contributed by atoms with E-state index in [1.165, 1.54) is 0 Å². The molecular formula is C30H38F3N3O3. The minimum absolute atomic E-state index is 0.0345. The fraction of sp³-hybridized carbons (Fsp3) is 0.500. The summed E-state index contributed by atoms with van der Waals surface area (Å²) in [6.07, 6.45) is 4.55. The van der Waals surface area contributed by atoms with E-state index in [-0.39, 0.29) is 24.0 Å². The van der Waals surface area contributed by atoms with E-state index in [4.69, 9.17) is 4.74 Å². The predicted octanol–water partition coefficient (Wildman–Crippen LogP) is 5.25. The number of hydrogen-bond acceptors (Lipinski definition) is 6. The van der Waals surface area contributed by atoms with Crippen LogP contribution in [0, 0.1) is 22.9 Å². The zero-order valence-corrected chi connectivity index (χ0v) is 22.9. The summed E-state index contributed by atoms with van der Waals surface area (Å²) in [5, 5.41) is 22.6. The first-order chi connectivity index (χ1) is 18.7. The Hall–Kier alpha value is -2.88. The number of rotatable bonds is 11. The fourth-order valence-corrected chi connectivity index (χ4v) is 5.62. The van der Waals surface area contributed by atoms with E-state index in [9.17, 15) is 23.4 Å². The average Bonchev–Trinajstić information content (AvgIpc) is 2.94. The molecule has 0 saturated carbocycles. The molecule has 6 nitrogen and oxygen atoms in total. The number of piperidine rings is 1. The Morgan fingerprint density at radius 3 is 2.54 bits per heavy atom. The van der Waals surface area contributed by atoms with Crippen molar-refractivity contribution in [2.45, 2.75) is 44.6 Å². The van der Waals surface area contributed by atoms with Crippen LogP contribution in [-0.4, -0.2) is 67.5 Å². The maximum absolute atomic E-state index is 13.9. The molecule has 1 unspecified atom stereocenters. The van der Waals surface area contributed by atoms with Crippen LogP contribution in [0.4, 0.5) is 18.9 Å². The lowest BCUT2D eigenvalue weighted by atomic mass is 9.74. The number of anilines is 1. The van der Waals surface area contributed by atoms with Crippen molar-refractivity contribution in [1.82, 2.24) is 9.88 Å². The monoisotopic (exact) mass is 545 g/mol. The third-order valence-corrected chi connectivity index (χ3v) is 8.10. The molecule has 2 N–H and O–H groups in total. The Morgan fingerprint density at radius 1 is 1.13 bits per heavy atom. The Morgan fingerprint density at radius 2 is 1.87 bits per heavy atom. The summed E-state index contributed by atoms with van der Waals surface area (Å²) < 4.78 is 46.3. The van der Waals surface area contributed by atoms with Gasteiger partial charge in [-0.15, -0.1) is 0 Å². The summed E-state index contributed by atoms with van der Waals surface area (Å²) >= 11 is 0. The van der Waals surface area contributed by atoms with Gasteiger partial charge in [0.2, 0.25) is 0 Å². The van der Waals surface area contributed by atoms with E-state index in [0.717, 1.165) is 54.2 Å². The fourth-order valence-electron chi connectivity index (χ4n) is 5.62. The van der Waals surface area contributed by atoms with Gasteiger partial charge >= 0.3 is 0 Å². The van der Waals surface area contributed by atoms with Crippen molar-refractivity contribution >= 4 is 16.6 Å². The van der Waals surface area contributed by atoms with Crippen molar-refractivity contribution in [3.05, 3.63) is 65.1 Å². The maximum Gasteiger partial charge on any atom is 0.162 e. The summed E-state index contributed by atoms with van der Waals surface area (Å²) in [4.78, 5) is 8.73. The number of pyridine rings is 1. The van der Waals surface area contributed by atoms with Gasteiger partial charge in [-0.05, 0) is 93.4 Å². The van der Waals surface area contributed by atoms with Gasteiger partial charge in [0.05, 0.1) is 30.6 Å². The second-order valence-corrected chi connectivity index (χ2v) is 10.9. The Labute approximate surface area is 228 Å². The number of aryl methyl sites for hydroxylation is 1. The molecule has 212 valence electrons. The molecule has 39 heavy (non-hydrogen) atoms. The van der Waals surface area contributed by atoms with Crippen molar-refractivity contribution in [2.24, 2.45) is 5.41 Å². The Kier molecular flexibility index (Phi) is 9.35. The van der Waals surface area contributed by atoms with Crippen LogP contribution in [0.25, 0.3) is 10.9 Å². The summed E-state index contributed by atoms with van der Waals surface area (Å²) in [5.41, 5.74) is 2.18. The molecule has 0 aliphatic carbocycles. The lowest BCUT2D eigenvalue weighted by molar-refractivity contribution is 0.0235. The van der Waals surface area contributed by atoms with E-state index in [2.05, 4.69) is 9.88 Å². The first-order valence-electron chi connectivity index (χ1n) is 13.4. The Balaban J connectivity index is 1.38. The zero-order valence-electron chi connectivity index (χ0n) is 22.9. The number of benzene rings is 2. The molecule has 1 fully saturated rings. The highest BCUT2D eigenvalue weighted by molar-refractivity contribution is 5.88. The minimum atomic E-state index is -1.16. The number of halogens is 3. The van der Waals surface area contributed by atoms with Crippen LogP contribution in [-0.2, 0) is 6.42 Å². The van der Waals surface area contributed by atoms with Gasteiger partial charge < -0.3 is 24.7 Å². The number of aliphatic hydroxyl groups excluding tert-OH is 2. The number of methoxy groups -OCH3 is 1. The van der Waals surface area contributed by atoms with E-state index in [1.807, 2.05) is 37.2 Å². The van der Waals surface area contributed by atoms with Gasteiger partial charge in [-0.1, -0.05) is 0 Å². The molecule has 0 spiro atoms. The SMILES string of the molecule is COc1ccc2ncc(N(C)C)c(C(O)CCC3(CO)CCN(CCCc4cc(F)cc(F)c4F)CC3)c2c1. The van der Waals surface area contributed by atoms with Crippen molar-refractivity contribution in [3.63, 3.8) is 0 Å². The molecule has 1 aromatic heterocycles. The molecule has 0 amide bonds. The highest BCUT2D eigenvalue weighted by Crippen LogP contribution is 2.41. The van der Waals surface area contributed by atoms with Crippen LogP contribution < -0.4 is 9.64 Å². The first-order valence-corrected chi connectivity index (χ1v) is 13.4. The summed E-state index contributed by atoms with van der Waals surface area (Å²) in [7, 11) is 5.45. The lowest BCUT2D eigenvalue weighted by Crippen LogP contribution is -2.42.